The summed E-state index contributed by atoms with van der Waals surface area (Å²) in [5.41, 5.74) is 7.48. The van der Waals surface area contributed by atoms with Crippen molar-refractivity contribution in [3.05, 3.63) is 164 Å². The Morgan fingerprint density at radius 2 is 0.830 bits per heavy atom. The summed E-state index contributed by atoms with van der Waals surface area (Å²) in [5, 5.41) is 5.00. The average Bonchev–Trinajstić information content (AvgIpc) is 3.53. The van der Waals surface area contributed by atoms with Crippen LogP contribution in [-0.4, -0.2) is 15.0 Å². The highest BCUT2D eigenvalue weighted by atomic mass is 32.1. The molecule has 0 saturated carbocycles. The molecule has 3 nitrogen and oxygen atoms in total. The highest BCUT2D eigenvalue weighted by Gasteiger charge is 2.15. The fourth-order valence-electron chi connectivity index (χ4n) is 6.28. The molecule has 9 aromatic rings. The molecule has 0 bridgehead atoms. The van der Waals surface area contributed by atoms with Crippen LogP contribution in [0.1, 0.15) is 0 Å². The summed E-state index contributed by atoms with van der Waals surface area (Å²) in [6.07, 6.45) is 0. The molecule has 7 aromatic carbocycles. The van der Waals surface area contributed by atoms with Crippen LogP contribution in [0.4, 0.5) is 0 Å². The maximum Gasteiger partial charge on any atom is 0.164 e. The number of rotatable bonds is 5. The van der Waals surface area contributed by atoms with Gasteiger partial charge in [-0.2, -0.15) is 0 Å². The van der Waals surface area contributed by atoms with Crippen LogP contribution in [0.15, 0.2) is 164 Å². The van der Waals surface area contributed by atoms with Gasteiger partial charge in [-0.25, -0.2) is 15.0 Å². The van der Waals surface area contributed by atoms with Crippen LogP contribution in [0.5, 0.6) is 0 Å². The lowest BCUT2D eigenvalue weighted by atomic mass is 10.00. The monoisotopic (exact) mass is 617 g/mol. The second-order valence-corrected chi connectivity index (χ2v) is 12.8. The molecule has 0 aliphatic rings. The van der Waals surface area contributed by atoms with Crippen molar-refractivity contribution in [2.75, 3.05) is 0 Å². The number of aromatic nitrogens is 3. The van der Waals surface area contributed by atoms with Crippen LogP contribution >= 0.6 is 11.3 Å². The SMILES string of the molecule is c1ccc(-c2cccc(-c3nc(-c4ccc(-c5ccc6ccccc6c5)cc4)nc(-c4ccc5c(c4)sc4ccccc45)n3)c2)cc1. The lowest BCUT2D eigenvalue weighted by Gasteiger charge is -2.10. The molecule has 0 atom stereocenters. The van der Waals surface area contributed by atoms with Crippen LogP contribution < -0.4 is 0 Å². The molecule has 0 N–H and O–H groups in total. The van der Waals surface area contributed by atoms with Crippen molar-refractivity contribution in [1.29, 1.82) is 0 Å². The van der Waals surface area contributed by atoms with Gasteiger partial charge in [0.15, 0.2) is 17.5 Å². The summed E-state index contributed by atoms with van der Waals surface area (Å²) >= 11 is 1.80. The Morgan fingerprint density at radius 3 is 1.66 bits per heavy atom. The van der Waals surface area contributed by atoms with E-state index >= 15 is 0 Å². The minimum atomic E-state index is 0.650. The van der Waals surface area contributed by atoms with Crippen molar-refractivity contribution >= 4 is 42.3 Å². The second-order valence-electron chi connectivity index (χ2n) is 11.7. The van der Waals surface area contributed by atoms with E-state index in [2.05, 4.69) is 158 Å². The van der Waals surface area contributed by atoms with Gasteiger partial charge in [0, 0.05) is 36.9 Å². The van der Waals surface area contributed by atoms with Crippen molar-refractivity contribution in [2.24, 2.45) is 0 Å². The highest BCUT2D eigenvalue weighted by molar-refractivity contribution is 7.25. The predicted octanol–water partition coefficient (Wildman–Crippen LogP) is 11.7. The van der Waals surface area contributed by atoms with Gasteiger partial charge in [0.05, 0.1) is 0 Å². The molecule has 9 rings (SSSR count). The van der Waals surface area contributed by atoms with Crippen molar-refractivity contribution in [2.45, 2.75) is 0 Å². The second kappa shape index (κ2) is 11.4. The molecular formula is C43H27N3S. The van der Waals surface area contributed by atoms with Crippen LogP contribution in [-0.2, 0) is 0 Å². The molecule has 0 amide bonds. The standard InChI is InChI=1S/C43H27N3S/c1-2-9-28(10-3-1)33-13-8-14-35(26-33)42-44-41(31-20-17-30(18-21-31)34-22-19-29-11-4-5-12-32(29)25-34)45-43(46-42)36-23-24-38-37-15-6-7-16-39(37)47-40(38)27-36/h1-27H. The maximum atomic E-state index is 5.07. The molecule has 47 heavy (non-hydrogen) atoms. The van der Waals surface area contributed by atoms with Crippen LogP contribution in [0, 0.1) is 0 Å². The molecule has 2 aromatic heterocycles. The maximum absolute atomic E-state index is 5.07. The number of benzene rings is 7. The van der Waals surface area contributed by atoms with Gasteiger partial charge < -0.3 is 0 Å². The first kappa shape index (κ1) is 27.3. The fourth-order valence-corrected chi connectivity index (χ4v) is 7.42. The summed E-state index contributed by atoms with van der Waals surface area (Å²) in [7, 11) is 0. The molecular weight excluding hydrogens is 591 g/mol. The fraction of sp³-hybridized carbons (Fsp3) is 0. The van der Waals surface area contributed by atoms with Gasteiger partial charge in [0.25, 0.3) is 0 Å². The van der Waals surface area contributed by atoms with E-state index in [0.29, 0.717) is 17.5 Å². The first-order chi connectivity index (χ1) is 23.2. The number of hydrogen-bond donors (Lipinski definition) is 0. The Kier molecular flexibility index (Phi) is 6.65. The van der Waals surface area contributed by atoms with E-state index in [1.165, 1.54) is 36.5 Å². The van der Waals surface area contributed by atoms with E-state index in [-0.39, 0.29) is 0 Å². The first-order valence-corrected chi connectivity index (χ1v) is 16.5. The normalized spacial score (nSPS) is 11.4. The Morgan fingerprint density at radius 1 is 0.298 bits per heavy atom. The van der Waals surface area contributed by atoms with Crippen molar-refractivity contribution in [3.63, 3.8) is 0 Å². The van der Waals surface area contributed by atoms with Crippen LogP contribution in [0.2, 0.25) is 0 Å². The number of hydrogen-bond acceptors (Lipinski definition) is 4. The van der Waals surface area contributed by atoms with Gasteiger partial charge in [0.2, 0.25) is 0 Å². The molecule has 2 heterocycles. The van der Waals surface area contributed by atoms with Gasteiger partial charge in [0.1, 0.15) is 0 Å². The zero-order valence-corrected chi connectivity index (χ0v) is 26.2. The Bertz CT molecular complexity index is 2570. The van der Waals surface area contributed by atoms with Gasteiger partial charge in [-0.05, 0) is 57.3 Å². The molecule has 0 saturated heterocycles. The summed E-state index contributed by atoms with van der Waals surface area (Å²) in [6.45, 7) is 0. The zero-order valence-electron chi connectivity index (χ0n) is 25.3. The molecule has 4 heteroatoms. The van der Waals surface area contributed by atoms with E-state index in [0.717, 1.165) is 33.4 Å². The molecule has 0 radical (unpaired) electrons. The minimum absolute atomic E-state index is 0.650. The topological polar surface area (TPSA) is 38.7 Å². The number of fused-ring (bicyclic) bond motifs is 4. The summed E-state index contributed by atoms with van der Waals surface area (Å²) < 4.78 is 2.50. The van der Waals surface area contributed by atoms with Gasteiger partial charge >= 0.3 is 0 Å². The van der Waals surface area contributed by atoms with Gasteiger partial charge in [-0.15, -0.1) is 11.3 Å². The van der Waals surface area contributed by atoms with Crippen molar-refractivity contribution in [3.8, 4) is 56.4 Å². The minimum Gasteiger partial charge on any atom is -0.208 e. The molecule has 220 valence electrons. The predicted molar refractivity (Wildman–Crippen MR) is 197 cm³/mol. The third kappa shape index (κ3) is 5.15. The van der Waals surface area contributed by atoms with E-state index in [9.17, 15) is 0 Å². The molecule has 0 aliphatic heterocycles. The largest absolute Gasteiger partial charge is 0.208 e. The Hall–Kier alpha value is -5.97. The van der Waals surface area contributed by atoms with Crippen LogP contribution in [0.25, 0.3) is 87.4 Å². The van der Waals surface area contributed by atoms with E-state index in [1.54, 1.807) is 11.3 Å². The lowest BCUT2D eigenvalue weighted by molar-refractivity contribution is 1.07. The average molecular weight is 618 g/mol. The summed E-state index contributed by atoms with van der Waals surface area (Å²) in [6, 6.07) is 57.6. The zero-order chi connectivity index (χ0) is 31.2. The van der Waals surface area contributed by atoms with Gasteiger partial charge in [-0.1, -0.05) is 140 Å². The number of thiophene rings is 1. The third-order valence-corrected chi connectivity index (χ3v) is 9.86. The third-order valence-electron chi connectivity index (χ3n) is 8.73. The Labute approximate surface area is 276 Å². The smallest absolute Gasteiger partial charge is 0.164 e. The summed E-state index contributed by atoms with van der Waals surface area (Å²) in [5.74, 6) is 1.96. The van der Waals surface area contributed by atoms with Crippen molar-refractivity contribution < 1.29 is 0 Å². The van der Waals surface area contributed by atoms with E-state index in [4.69, 9.17) is 15.0 Å². The first-order valence-electron chi connectivity index (χ1n) is 15.7. The van der Waals surface area contributed by atoms with Crippen LogP contribution in [0.3, 0.4) is 0 Å². The summed E-state index contributed by atoms with van der Waals surface area (Å²) in [4.78, 5) is 15.2. The lowest BCUT2D eigenvalue weighted by Crippen LogP contribution is -2.00. The number of nitrogens with zero attached hydrogens (tertiary/aromatic N) is 3. The highest BCUT2D eigenvalue weighted by Crippen LogP contribution is 2.36. The molecule has 0 unspecified atom stereocenters. The molecule has 0 aliphatic carbocycles. The van der Waals surface area contributed by atoms with Gasteiger partial charge in [-0.3, -0.25) is 0 Å². The Balaban J connectivity index is 1.16. The molecule has 0 spiro atoms. The van der Waals surface area contributed by atoms with E-state index in [1.807, 2.05) is 6.07 Å². The quantitative estimate of drug-likeness (QED) is 0.193. The van der Waals surface area contributed by atoms with E-state index < -0.39 is 0 Å². The van der Waals surface area contributed by atoms with Crippen molar-refractivity contribution in [1.82, 2.24) is 15.0 Å². The molecule has 0 fully saturated rings.